The van der Waals surface area contributed by atoms with Gasteiger partial charge in [-0.15, -0.1) is 0 Å². The van der Waals surface area contributed by atoms with E-state index in [1.807, 2.05) is 6.92 Å². The third kappa shape index (κ3) is 6.28. The molecule has 0 aromatic heterocycles. The molecule has 3 nitrogen and oxygen atoms in total. The summed E-state index contributed by atoms with van der Waals surface area (Å²) in [4.78, 5) is 0. The highest BCUT2D eigenvalue weighted by molar-refractivity contribution is 4.69. The topological polar surface area (TPSA) is 49.7 Å². The Hall–Kier alpha value is -0.120. The van der Waals surface area contributed by atoms with Gasteiger partial charge in [-0.25, -0.2) is 0 Å². The largest absolute Gasteiger partial charge is 0.393 e. The zero-order valence-corrected chi connectivity index (χ0v) is 7.34. The van der Waals surface area contributed by atoms with Crippen LogP contribution in [0.5, 0.6) is 0 Å². The zero-order valence-electron chi connectivity index (χ0n) is 7.34. The number of aliphatic hydroxyl groups is 2. The van der Waals surface area contributed by atoms with Crippen molar-refractivity contribution in [2.24, 2.45) is 0 Å². The second-order valence-electron chi connectivity index (χ2n) is 3.02. The molecule has 0 bridgehead atoms. The molecule has 3 heteroatoms. The van der Waals surface area contributed by atoms with Crippen LogP contribution in [0.4, 0.5) is 0 Å². The van der Waals surface area contributed by atoms with Crippen molar-refractivity contribution in [1.29, 1.82) is 0 Å². The Morgan fingerprint density at radius 3 is 2.45 bits per heavy atom. The minimum Gasteiger partial charge on any atom is -0.393 e. The van der Waals surface area contributed by atoms with E-state index < -0.39 is 5.60 Å². The minimum atomic E-state index is -0.978. The first kappa shape index (κ1) is 10.9. The molecule has 11 heavy (non-hydrogen) atoms. The van der Waals surface area contributed by atoms with Crippen molar-refractivity contribution in [1.82, 2.24) is 0 Å². The molecule has 0 saturated heterocycles. The third-order valence-electron chi connectivity index (χ3n) is 1.47. The Bertz CT molecular complexity index is 91.3. The molecular formula is C8H18O3. The molecule has 0 rings (SSSR count). The van der Waals surface area contributed by atoms with Gasteiger partial charge in [0.25, 0.3) is 0 Å². The Morgan fingerprint density at radius 1 is 1.36 bits per heavy atom. The van der Waals surface area contributed by atoms with Gasteiger partial charge in [0.15, 0.2) is 0 Å². The van der Waals surface area contributed by atoms with Crippen LogP contribution in [0.25, 0.3) is 0 Å². The van der Waals surface area contributed by atoms with E-state index in [-0.39, 0.29) is 6.61 Å². The lowest BCUT2D eigenvalue weighted by molar-refractivity contribution is -0.0265. The third-order valence-corrected chi connectivity index (χ3v) is 1.47. The van der Waals surface area contributed by atoms with Crippen LogP contribution in [0, 0.1) is 0 Å². The summed E-state index contributed by atoms with van der Waals surface area (Å²) in [6, 6.07) is 0. The zero-order chi connectivity index (χ0) is 8.74. The monoisotopic (exact) mass is 162 g/mol. The number of hydrogen-bond acceptors (Lipinski definition) is 3. The molecule has 0 heterocycles. The van der Waals surface area contributed by atoms with Gasteiger partial charge in [-0.2, -0.15) is 0 Å². The van der Waals surface area contributed by atoms with Crippen LogP contribution in [0.3, 0.4) is 0 Å². The highest BCUT2D eigenvalue weighted by atomic mass is 16.5. The fraction of sp³-hybridized carbons (Fsp3) is 1.00. The molecule has 1 atom stereocenters. The molecule has 0 unspecified atom stereocenters. The number of hydrogen-bond donors (Lipinski definition) is 2. The molecule has 0 spiro atoms. The van der Waals surface area contributed by atoms with Crippen molar-refractivity contribution in [3.05, 3.63) is 0 Å². The number of rotatable bonds is 6. The quantitative estimate of drug-likeness (QED) is 0.561. The average molecular weight is 162 g/mol. The molecule has 0 aromatic rings. The fourth-order valence-electron chi connectivity index (χ4n) is 0.617. The Kier molecular flexibility index (Phi) is 5.46. The van der Waals surface area contributed by atoms with Crippen LogP contribution in [0.2, 0.25) is 0 Å². The molecule has 0 radical (unpaired) electrons. The van der Waals surface area contributed by atoms with Crippen molar-refractivity contribution in [3.63, 3.8) is 0 Å². The fourth-order valence-corrected chi connectivity index (χ4v) is 0.617. The van der Waals surface area contributed by atoms with E-state index in [4.69, 9.17) is 9.84 Å². The molecular weight excluding hydrogens is 144 g/mol. The molecule has 0 aromatic carbocycles. The lowest BCUT2D eigenvalue weighted by Gasteiger charge is -2.19. The first-order valence-corrected chi connectivity index (χ1v) is 4.03. The molecule has 0 saturated carbocycles. The summed E-state index contributed by atoms with van der Waals surface area (Å²) in [5.74, 6) is 0. The van der Waals surface area contributed by atoms with Crippen LogP contribution >= 0.6 is 0 Å². The van der Waals surface area contributed by atoms with Crippen molar-refractivity contribution in [3.8, 4) is 0 Å². The smallest absolute Gasteiger partial charge is 0.0871 e. The van der Waals surface area contributed by atoms with Crippen LogP contribution in [-0.2, 0) is 4.74 Å². The summed E-state index contributed by atoms with van der Waals surface area (Å²) in [5, 5.41) is 17.9. The second-order valence-corrected chi connectivity index (χ2v) is 3.02. The average Bonchev–Trinajstić information content (AvgIpc) is 1.99. The molecule has 68 valence electrons. The SMILES string of the molecule is CCCOCC[C@](C)(O)CO. The molecule has 0 aliphatic carbocycles. The molecule has 0 fully saturated rings. The standard InChI is InChI=1S/C8H18O3/c1-3-5-11-6-4-8(2,10)7-9/h9-10H,3-7H2,1-2H3/t8-/m0/s1. The van der Waals surface area contributed by atoms with E-state index >= 15 is 0 Å². The Labute approximate surface area is 68.0 Å². The molecule has 0 aliphatic heterocycles. The minimum absolute atomic E-state index is 0.206. The van der Waals surface area contributed by atoms with Crippen molar-refractivity contribution < 1.29 is 14.9 Å². The highest BCUT2D eigenvalue weighted by Crippen LogP contribution is 2.07. The van der Waals surface area contributed by atoms with Gasteiger partial charge in [-0.05, 0) is 13.3 Å². The Balaban J connectivity index is 3.23. The first-order valence-electron chi connectivity index (χ1n) is 4.03. The van der Waals surface area contributed by atoms with Gasteiger partial charge >= 0.3 is 0 Å². The van der Waals surface area contributed by atoms with Gasteiger partial charge in [0.2, 0.25) is 0 Å². The molecule has 2 N–H and O–H groups in total. The van der Waals surface area contributed by atoms with E-state index in [0.29, 0.717) is 13.0 Å². The maximum Gasteiger partial charge on any atom is 0.0871 e. The van der Waals surface area contributed by atoms with Gasteiger partial charge in [-0.1, -0.05) is 6.92 Å². The summed E-state index contributed by atoms with van der Waals surface area (Å²) in [5.41, 5.74) is -0.978. The highest BCUT2D eigenvalue weighted by Gasteiger charge is 2.17. The summed E-state index contributed by atoms with van der Waals surface area (Å²) >= 11 is 0. The first-order chi connectivity index (χ1) is 5.12. The van der Waals surface area contributed by atoms with E-state index in [9.17, 15) is 5.11 Å². The van der Waals surface area contributed by atoms with E-state index in [2.05, 4.69) is 0 Å². The predicted molar refractivity (Wildman–Crippen MR) is 43.4 cm³/mol. The summed E-state index contributed by atoms with van der Waals surface area (Å²) < 4.78 is 5.15. The summed E-state index contributed by atoms with van der Waals surface area (Å²) in [6.45, 7) is 4.66. The molecule has 0 amide bonds. The van der Waals surface area contributed by atoms with Crippen molar-refractivity contribution in [2.45, 2.75) is 32.3 Å². The lowest BCUT2D eigenvalue weighted by atomic mass is 10.1. The summed E-state index contributed by atoms with van der Waals surface area (Å²) in [6.07, 6.45) is 1.48. The van der Waals surface area contributed by atoms with Gasteiger partial charge < -0.3 is 14.9 Å². The maximum absolute atomic E-state index is 9.29. The van der Waals surface area contributed by atoms with Crippen molar-refractivity contribution >= 4 is 0 Å². The van der Waals surface area contributed by atoms with E-state index in [0.717, 1.165) is 13.0 Å². The van der Waals surface area contributed by atoms with E-state index in [1.54, 1.807) is 6.92 Å². The lowest BCUT2D eigenvalue weighted by Crippen LogP contribution is -2.30. The summed E-state index contributed by atoms with van der Waals surface area (Å²) in [7, 11) is 0. The van der Waals surface area contributed by atoms with Crippen LogP contribution in [0.1, 0.15) is 26.7 Å². The van der Waals surface area contributed by atoms with Gasteiger partial charge in [0.1, 0.15) is 0 Å². The van der Waals surface area contributed by atoms with Crippen LogP contribution in [-0.4, -0.2) is 35.6 Å². The van der Waals surface area contributed by atoms with Gasteiger partial charge in [0.05, 0.1) is 12.2 Å². The van der Waals surface area contributed by atoms with Crippen LogP contribution in [0.15, 0.2) is 0 Å². The normalized spacial score (nSPS) is 16.4. The Morgan fingerprint density at radius 2 is 2.00 bits per heavy atom. The van der Waals surface area contributed by atoms with Crippen molar-refractivity contribution in [2.75, 3.05) is 19.8 Å². The number of ether oxygens (including phenoxy) is 1. The van der Waals surface area contributed by atoms with E-state index in [1.165, 1.54) is 0 Å². The second kappa shape index (κ2) is 5.52. The van der Waals surface area contributed by atoms with Gasteiger partial charge in [-0.3, -0.25) is 0 Å². The van der Waals surface area contributed by atoms with Gasteiger partial charge in [0, 0.05) is 19.6 Å². The molecule has 0 aliphatic rings. The predicted octanol–water partition coefficient (Wildman–Crippen LogP) is 0.546. The number of aliphatic hydroxyl groups excluding tert-OH is 1. The maximum atomic E-state index is 9.29. The van der Waals surface area contributed by atoms with Crippen LogP contribution < -0.4 is 0 Å².